The Morgan fingerprint density at radius 3 is 2.13 bits per heavy atom. The van der Waals surface area contributed by atoms with E-state index in [9.17, 15) is 28.8 Å². The van der Waals surface area contributed by atoms with Gasteiger partial charge in [0.25, 0.3) is 0 Å². The van der Waals surface area contributed by atoms with Crippen LogP contribution in [-0.2, 0) is 28.6 Å². The Labute approximate surface area is 171 Å². The topological polar surface area (TPSA) is 140 Å². The molecular formula is C18H22N3O9+. The molecule has 0 bridgehead atoms. The lowest BCUT2D eigenvalue weighted by molar-refractivity contribution is -0.353. The third-order valence-electron chi connectivity index (χ3n) is 3.56. The largest absolute Gasteiger partial charge is 0.459 e. The van der Waals surface area contributed by atoms with Gasteiger partial charge in [0, 0.05) is 12.5 Å². The minimum absolute atomic E-state index is 0.0456. The number of hydrogen-bond acceptors (Lipinski definition) is 9. The van der Waals surface area contributed by atoms with Crippen LogP contribution in [0.25, 0.3) is 0 Å². The van der Waals surface area contributed by atoms with Gasteiger partial charge in [0.2, 0.25) is 6.40 Å². The van der Waals surface area contributed by atoms with Crippen molar-refractivity contribution in [3.05, 3.63) is 25.5 Å². The number of hydrogen-bond donors (Lipinski definition) is 0. The molecule has 0 aromatic carbocycles. The molecule has 1 fully saturated rings. The normalized spacial score (nSPS) is 15.1. The summed E-state index contributed by atoms with van der Waals surface area (Å²) in [4.78, 5) is 73.1. The molecule has 12 nitrogen and oxygen atoms in total. The summed E-state index contributed by atoms with van der Waals surface area (Å²) in [7, 11) is 0. The molecule has 0 spiro atoms. The monoisotopic (exact) mass is 424 g/mol. The first-order valence-electron chi connectivity index (χ1n) is 8.85. The Hall–Kier alpha value is -3.83. The summed E-state index contributed by atoms with van der Waals surface area (Å²) in [5, 5.41) is 0. The van der Waals surface area contributed by atoms with Gasteiger partial charge in [-0.2, -0.15) is 9.80 Å². The van der Waals surface area contributed by atoms with Crippen LogP contribution in [0.3, 0.4) is 0 Å². The maximum absolute atomic E-state index is 12.6. The zero-order valence-corrected chi connectivity index (χ0v) is 16.4. The number of urea groups is 3. The van der Waals surface area contributed by atoms with Crippen LogP contribution in [0.2, 0.25) is 0 Å². The second-order valence-corrected chi connectivity index (χ2v) is 5.64. The molecule has 162 valence electrons. The Balaban J connectivity index is 3.06. The predicted molar refractivity (Wildman–Crippen MR) is 99.0 cm³/mol. The van der Waals surface area contributed by atoms with Crippen LogP contribution in [0.1, 0.15) is 26.2 Å². The average Bonchev–Trinajstić information content (AvgIpc) is 2.70. The summed E-state index contributed by atoms with van der Waals surface area (Å²) in [5.41, 5.74) is 0. The smallest absolute Gasteiger partial charge is 0.458 e. The fraction of sp³-hybridized carbons (Fsp3) is 0.389. The number of nitrogens with zero attached hydrogens (tertiary/aromatic N) is 3. The van der Waals surface area contributed by atoms with Gasteiger partial charge >= 0.3 is 36.0 Å². The molecule has 0 radical (unpaired) electrons. The number of imide groups is 3. The first kappa shape index (κ1) is 24.2. The second kappa shape index (κ2) is 11.9. The number of rotatable bonds is 11. The fourth-order valence-corrected chi connectivity index (χ4v) is 2.15. The van der Waals surface area contributed by atoms with Crippen molar-refractivity contribution >= 4 is 42.4 Å². The summed E-state index contributed by atoms with van der Waals surface area (Å²) < 4.78 is 14.4. The minimum Gasteiger partial charge on any atom is -0.459 e. The van der Waals surface area contributed by atoms with E-state index in [1.807, 2.05) is 0 Å². The van der Waals surface area contributed by atoms with Crippen molar-refractivity contribution in [1.82, 2.24) is 9.80 Å². The van der Waals surface area contributed by atoms with E-state index in [0.717, 1.165) is 12.3 Å². The van der Waals surface area contributed by atoms with Crippen LogP contribution in [0, 0.1) is 0 Å². The van der Waals surface area contributed by atoms with Crippen LogP contribution in [-0.4, -0.2) is 76.5 Å². The van der Waals surface area contributed by atoms with Crippen LogP contribution < -0.4 is 0 Å². The highest BCUT2D eigenvalue weighted by Crippen LogP contribution is 2.13. The van der Waals surface area contributed by atoms with Gasteiger partial charge in [-0.1, -0.05) is 24.7 Å². The highest BCUT2D eigenvalue weighted by molar-refractivity contribution is 6.06. The molecule has 0 aliphatic carbocycles. The third kappa shape index (κ3) is 6.65. The standard InChI is InChI=1S/C18H22N3O9/c1-4-7-14(23)30-12-21-17(26)19(9-8-15(24)28-6-3)16(25)20(18(21)27)10-11-29-13(22)5-2/h5-6,12H,2-4,7-11H2,1H3/q+1/b21-12-. The van der Waals surface area contributed by atoms with E-state index in [0.29, 0.717) is 27.2 Å². The Kier molecular flexibility index (Phi) is 9.59. The Bertz CT molecular complexity index is 788. The van der Waals surface area contributed by atoms with Crippen molar-refractivity contribution in [2.75, 3.05) is 19.7 Å². The highest BCUT2D eigenvalue weighted by atomic mass is 16.5. The average molecular weight is 424 g/mol. The first-order chi connectivity index (χ1) is 14.3. The second-order valence-electron chi connectivity index (χ2n) is 5.64. The number of carbonyl (C=O) groups excluding carboxylic acids is 6. The van der Waals surface area contributed by atoms with Gasteiger partial charge in [0.05, 0.1) is 19.2 Å². The van der Waals surface area contributed by atoms with Crippen molar-refractivity contribution < 1.29 is 47.6 Å². The van der Waals surface area contributed by atoms with Crippen LogP contribution in [0.15, 0.2) is 25.5 Å². The predicted octanol–water partition coefficient (Wildman–Crippen LogP) is 1.15. The third-order valence-corrected chi connectivity index (χ3v) is 3.56. The van der Waals surface area contributed by atoms with Crippen LogP contribution >= 0.6 is 0 Å². The zero-order chi connectivity index (χ0) is 22.7. The van der Waals surface area contributed by atoms with Gasteiger partial charge in [-0.15, -0.1) is 0 Å². The van der Waals surface area contributed by atoms with Crippen molar-refractivity contribution in [3.63, 3.8) is 0 Å². The molecule has 1 rings (SSSR count). The minimum atomic E-state index is -1.12. The Morgan fingerprint density at radius 1 is 0.967 bits per heavy atom. The van der Waals surface area contributed by atoms with E-state index >= 15 is 0 Å². The summed E-state index contributed by atoms with van der Waals surface area (Å²) >= 11 is 0. The summed E-state index contributed by atoms with van der Waals surface area (Å²) in [6.45, 7) is 6.97. The number of esters is 3. The van der Waals surface area contributed by atoms with E-state index in [-0.39, 0.29) is 19.4 Å². The summed E-state index contributed by atoms with van der Waals surface area (Å²) in [5.74, 6) is -2.23. The lowest BCUT2D eigenvalue weighted by Gasteiger charge is -2.26. The van der Waals surface area contributed by atoms with Gasteiger partial charge in [0.15, 0.2) is 0 Å². The van der Waals surface area contributed by atoms with Gasteiger partial charge in [-0.3, -0.25) is 9.59 Å². The fourth-order valence-electron chi connectivity index (χ4n) is 2.15. The molecule has 0 unspecified atom stereocenters. The van der Waals surface area contributed by atoms with E-state index in [2.05, 4.69) is 17.9 Å². The van der Waals surface area contributed by atoms with Crippen LogP contribution in [0.5, 0.6) is 0 Å². The molecule has 0 aromatic heterocycles. The number of ether oxygens (including phenoxy) is 3. The van der Waals surface area contributed by atoms with E-state index < -0.39 is 49.1 Å². The molecule has 0 saturated carbocycles. The van der Waals surface area contributed by atoms with Crippen LogP contribution in [0.4, 0.5) is 14.4 Å². The molecule has 30 heavy (non-hydrogen) atoms. The Morgan fingerprint density at radius 2 is 1.57 bits per heavy atom. The van der Waals surface area contributed by atoms with E-state index in [4.69, 9.17) is 9.47 Å². The highest BCUT2D eigenvalue weighted by Gasteiger charge is 2.50. The van der Waals surface area contributed by atoms with E-state index in [1.54, 1.807) is 6.92 Å². The van der Waals surface area contributed by atoms with E-state index in [1.165, 1.54) is 0 Å². The van der Waals surface area contributed by atoms with Crippen molar-refractivity contribution in [2.45, 2.75) is 26.2 Å². The maximum Gasteiger partial charge on any atom is 0.458 e. The maximum atomic E-state index is 12.6. The number of carbonyl (C=O) groups is 6. The summed E-state index contributed by atoms with van der Waals surface area (Å²) in [6, 6.07) is -3.29. The van der Waals surface area contributed by atoms with Gasteiger partial charge < -0.3 is 14.2 Å². The molecular weight excluding hydrogens is 402 g/mol. The zero-order valence-electron chi connectivity index (χ0n) is 16.4. The van der Waals surface area contributed by atoms with Gasteiger partial charge in [0.1, 0.15) is 13.2 Å². The molecule has 0 aromatic rings. The first-order valence-corrected chi connectivity index (χ1v) is 8.85. The van der Waals surface area contributed by atoms with Crippen molar-refractivity contribution in [1.29, 1.82) is 0 Å². The molecule has 6 amide bonds. The molecule has 1 saturated heterocycles. The molecule has 1 aliphatic rings. The SMILES string of the molecule is C=COC(=O)CCN1C(=O)N(CCOC(=O)C=C)C(=O)/[N+](=C\OC(=O)CCC)C1=O. The number of amides is 6. The van der Waals surface area contributed by atoms with Crippen molar-refractivity contribution in [2.24, 2.45) is 0 Å². The van der Waals surface area contributed by atoms with Gasteiger partial charge in [-0.25, -0.2) is 19.2 Å². The molecule has 0 N–H and O–H groups in total. The quantitative estimate of drug-likeness (QED) is 0.119. The van der Waals surface area contributed by atoms with Crippen molar-refractivity contribution in [3.8, 4) is 0 Å². The molecule has 0 atom stereocenters. The lowest BCUT2D eigenvalue weighted by atomic mass is 10.3. The summed E-state index contributed by atoms with van der Waals surface area (Å²) in [6.07, 6.45) is 2.52. The lowest BCUT2D eigenvalue weighted by Crippen LogP contribution is -2.61. The van der Waals surface area contributed by atoms with Gasteiger partial charge in [-0.05, 0) is 6.42 Å². The molecule has 12 heteroatoms. The molecule has 1 aliphatic heterocycles. The molecule has 1 heterocycles.